The van der Waals surface area contributed by atoms with Crippen LogP contribution in [0.15, 0.2) is 30.3 Å². The van der Waals surface area contributed by atoms with E-state index in [1.807, 2.05) is 30.3 Å². The molecule has 0 bridgehead atoms. The van der Waals surface area contributed by atoms with E-state index in [1.54, 1.807) is 7.11 Å². The van der Waals surface area contributed by atoms with Gasteiger partial charge in [-0.3, -0.25) is 0 Å². The molecule has 1 fully saturated rings. The third-order valence-corrected chi connectivity index (χ3v) is 4.29. The summed E-state index contributed by atoms with van der Waals surface area (Å²) in [6, 6.07) is 10.1. The third-order valence-electron chi connectivity index (χ3n) is 4.29. The van der Waals surface area contributed by atoms with E-state index in [0.29, 0.717) is 5.41 Å². The van der Waals surface area contributed by atoms with Crippen LogP contribution in [-0.4, -0.2) is 33.4 Å². The zero-order valence-electron chi connectivity index (χ0n) is 12.6. The standard InChI is InChI=1S/C17H27NO2/c1-19-14-12-18-15-17(9-5-6-10-17)11-13-20-16-7-3-2-4-8-16/h2-4,7-8,18H,5-6,9-15H2,1H3. The highest BCUT2D eigenvalue weighted by atomic mass is 16.5. The maximum absolute atomic E-state index is 5.87. The zero-order chi connectivity index (χ0) is 14.1. The van der Waals surface area contributed by atoms with Crippen LogP contribution in [0.25, 0.3) is 0 Å². The molecule has 1 aromatic carbocycles. The van der Waals surface area contributed by atoms with Gasteiger partial charge in [0.25, 0.3) is 0 Å². The Labute approximate surface area is 122 Å². The van der Waals surface area contributed by atoms with E-state index in [2.05, 4.69) is 5.32 Å². The van der Waals surface area contributed by atoms with E-state index in [-0.39, 0.29) is 0 Å². The number of nitrogens with one attached hydrogen (secondary N) is 1. The van der Waals surface area contributed by atoms with E-state index < -0.39 is 0 Å². The van der Waals surface area contributed by atoms with Crippen LogP contribution in [0.1, 0.15) is 32.1 Å². The van der Waals surface area contributed by atoms with Crippen molar-refractivity contribution in [3.8, 4) is 5.75 Å². The Morgan fingerprint density at radius 3 is 2.55 bits per heavy atom. The average Bonchev–Trinajstić information content (AvgIpc) is 2.94. The quantitative estimate of drug-likeness (QED) is 0.703. The fourth-order valence-corrected chi connectivity index (χ4v) is 3.07. The summed E-state index contributed by atoms with van der Waals surface area (Å²) < 4.78 is 11.0. The third kappa shape index (κ3) is 4.80. The number of hydrogen-bond acceptors (Lipinski definition) is 3. The molecule has 0 aromatic heterocycles. The summed E-state index contributed by atoms with van der Waals surface area (Å²) in [5.41, 5.74) is 0.433. The molecular weight excluding hydrogens is 250 g/mol. The molecule has 2 rings (SSSR count). The van der Waals surface area contributed by atoms with Crippen LogP contribution in [0.2, 0.25) is 0 Å². The van der Waals surface area contributed by atoms with Crippen molar-refractivity contribution in [3.05, 3.63) is 30.3 Å². The van der Waals surface area contributed by atoms with Crippen LogP contribution >= 0.6 is 0 Å². The second-order valence-electron chi connectivity index (χ2n) is 5.79. The fraction of sp³-hybridized carbons (Fsp3) is 0.647. The smallest absolute Gasteiger partial charge is 0.119 e. The van der Waals surface area contributed by atoms with Crippen LogP contribution in [0, 0.1) is 5.41 Å². The van der Waals surface area contributed by atoms with Gasteiger partial charge in [-0.05, 0) is 36.8 Å². The zero-order valence-corrected chi connectivity index (χ0v) is 12.6. The molecule has 20 heavy (non-hydrogen) atoms. The number of rotatable bonds is 9. The van der Waals surface area contributed by atoms with E-state index in [1.165, 1.54) is 25.7 Å². The molecule has 0 radical (unpaired) electrons. The van der Waals surface area contributed by atoms with Crippen LogP contribution in [0.4, 0.5) is 0 Å². The number of hydrogen-bond donors (Lipinski definition) is 1. The van der Waals surface area contributed by atoms with Crippen molar-refractivity contribution in [1.82, 2.24) is 5.32 Å². The monoisotopic (exact) mass is 277 g/mol. The van der Waals surface area contributed by atoms with Crippen molar-refractivity contribution < 1.29 is 9.47 Å². The van der Waals surface area contributed by atoms with Crippen molar-refractivity contribution in [3.63, 3.8) is 0 Å². The Bertz CT molecular complexity index is 361. The highest BCUT2D eigenvalue weighted by Gasteiger charge is 2.33. The maximum Gasteiger partial charge on any atom is 0.119 e. The molecule has 0 aliphatic heterocycles. The van der Waals surface area contributed by atoms with Crippen LogP contribution in [0.5, 0.6) is 5.75 Å². The highest BCUT2D eigenvalue weighted by Crippen LogP contribution is 2.40. The van der Waals surface area contributed by atoms with Gasteiger partial charge in [-0.2, -0.15) is 0 Å². The first-order valence-corrected chi connectivity index (χ1v) is 7.72. The summed E-state index contributed by atoms with van der Waals surface area (Å²) in [6.45, 7) is 3.64. The molecule has 1 N–H and O–H groups in total. The lowest BCUT2D eigenvalue weighted by Gasteiger charge is -2.29. The molecule has 3 heteroatoms. The van der Waals surface area contributed by atoms with Crippen molar-refractivity contribution >= 4 is 0 Å². The SMILES string of the molecule is COCCNCC1(CCOc2ccccc2)CCCC1. The number of benzene rings is 1. The van der Waals surface area contributed by atoms with Gasteiger partial charge in [-0.15, -0.1) is 0 Å². The molecule has 0 unspecified atom stereocenters. The highest BCUT2D eigenvalue weighted by molar-refractivity contribution is 5.20. The molecule has 3 nitrogen and oxygen atoms in total. The molecular formula is C17H27NO2. The minimum absolute atomic E-state index is 0.433. The van der Waals surface area contributed by atoms with E-state index in [0.717, 1.165) is 38.5 Å². The summed E-state index contributed by atoms with van der Waals surface area (Å²) in [5, 5.41) is 3.54. The Balaban J connectivity index is 1.74. The average molecular weight is 277 g/mol. The van der Waals surface area contributed by atoms with Crippen molar-refractivity contribution in [2.45, 2.75) is 32.1 Å². The molecule has 1 aliphatic rings. The molecule has 0 amide bonds. The van der Waals surface area contributed by atoms with Gasteiger partial charge in [0, 0.05) is 20.2 Å². The maximum atomic E-state index is 5.87. The van der Waals surface area contributed by atoms with Gasteiger partial charge in [-0.25, -0.2) is 0 Å². The van der Waals surface area contributed by atoms with Gasteiger partial charge in [-0.1, -0.05) is 31.0 Å². The van der Waals surface area contributed by atoms with Gasteiger partial charge < -0.3 is 14.8 Å². The lowest BCUT2D eigenvalue weighted by Crippen LogP contribution is -2.35. The van der Waals surface area contributed by atoms with E-state index in [9.17, 15) is 0 Å². The molecule has 0 atom stereocenters. The number of ether oxygens (including phenoxy) is 2. The normalized spacial score (nSPS) is 17.2. The summed E-state index contributed by atoms with van der Waals surface area (Å²) in [5.74, 6) is 0.980. The Kier molecular flexibility index (Phi) is 6.34. The van der Waals surface area contributed by atoms with E-state index in [4.69, 9.17) is 9.47 Å². The minimum atomic E-state index is 0.433. The van der Waals surface area contributed by atoms with Gasteiger partial charge in [0.15, 0.2) is 0 Å². The predicted octanol–water partition coefficient (Wildman–Crippen LogP) is 3.25. The van der Waals surface area contributed by atoms with Crippen LogP contribution < -0.4 is 10.1 Å². The topological polar surface area (TPSA) is 30.5 Å². The lowest BCUT2D eigenvalue weighted by atomic mass is 9.83. The first kappa shape index (κ1) is 15.3. The fourth-order valence-electron chi connectivity index (χ4n) is 3.07. The van der Waals surface area contributed by atoms with Crippen LogP contribution in [-0.2, 0) is 4.74 Å². The molecule has 0 spiro atoms. The predicted molar refractivity (Wildman–Crippen MR) is 82.2 cm³/mol. The van der Waals surface area contributed by atoms with Gasteiger partial charge >= 0.3 is 0 Å². The largest absolute Gasteiger partial charge is 0.494 e. The second-order valence-corrected chi connectivity index (χ2v) is 5.79. The first-order valence-electron chi connectivity index (χ1n) is 7.72. The lowest BCUT2D eigenvalue weighted by molar-refractivity contribution is 0.172. The number of methoxy groups -OCH3 is 1. The van der Waals surface area contributed by atoms with Crippen LogP contribution in [0.3, 0.4) is 0 Å². The molecule has 1 aromatic rings. The van der Waals surface area contributed by atoms with E-state index >= 15 is 0 Å². The Morgan fingerprint density at radius 2 is 1.85 bits per heavy atom. The summed E-state index contributed by atoms with van der Waals surface area (Å²) >= 11 is 0. The van der Waals surface area contributed by atoms with Crippen molar-refractivity contribution in [1.29, 1.82) is 0 Å². The van der Waals surface area contributed by atoms with Gasteiger partial charge in [0.1, 0.15) is 5.75 Å². The summed E-state index contributed by atoms with van der Waals surface area (Å²) in [6.07, 6.45) is 6.51. The number of para-hydroxylation sites is 1. The molecule has 1 saturated carbocycles. The van der Waals surface area contributed by atoms with Gasteiger partial charge in [0.2, 0.25) is 0 Å². The molecule has 112 valence electrons. The van der Waals surface area contributed by atoms with Crippen molar-refractivity contribution in [2.24, 2.45) is 5.41 Å². The molecule has 1 aliphatic carbocycles. The summed E-state index contributed by atoms with van der Waals surface area (Å²) in [7, 11) is 1.75. The molecule has 0 saturated heterocycles. The first-order chi connectivity index (χ1) is 9.85. The second kappa shape index (κ2) is 8.28. The minimum Gasteiger partial charge on any atom is -0.494 e. The molecule has 0 heterocycles. The summed E-state index contributed by atoms with van der Waals surface area (Å²) in [4.78, 5) is 0. The van der Waals surface area contributed by atoms with Crippen molar-refractivity contribution in [2.75, 3.05) is 33.4 Å². The van der Waals surface area contributed by atoms with Gasteiger partial charge in [0.05, 0.1) is 13.2 Å². The Morgan fingerprint density at radius 1 is 1.10 bits per heavy atom. The Hall–Kier alpha value is -1.06.